The lowest BCUT2D eigenvalue weighted by Crippen LogP contribution is -2.53. The lowest BCUT2D eigenvalue weighted by molar-refractivity contribution is -0.124. The topological polar surface area (TPSA) is 64.7 Å². The Bertz CT molecular complexity index is 612. The molecule has 0 spiro atoms. The molecule has 6 heteroatoms. The monoisotopic (exact) mass is 360 g/mol. The first kappa shape index (κ1) is 20.4. The summed E-state index contributed by atoms with van der Waals surface area (Å²) in [5.74, 6) is -0.252. The van der Waals surface area contributed by atoms with Crippen LogP contribution in [0.15, 0.2) is 30.3 Å². The van der Waals surface area contributed by atoms with Gasteiger partial charge in [-0.25, -0.2) is 4.79 Å². The van der Waals surface area contributed by atoms with Crippen molar-refractivity contribution in [2.24, 2.45) is 0 Å². The summed E-state index contributed by atoms with van der Waals surface area (Å²) in [7, 11) is 2.13. The average Bonchev–Trinajstić information content (AvgIpc) is 3.03. The molecule has 2 rings (SSSR count). The maximum Gasteiger partial charge on any atom is 0.321 e. The van der Waals surface area contributed by atoms with E-state index in [0.717, 1.165) is 26.1 Å². The van der Waals surface area contributed by atoms with Gasteiger partial charge in [0.05, 0.1) is 6.04 Å². The first-order valence-electron chi connectivity index (χ1n) is 9.27. The van der Waals surface area contributed by atoms with Gasteiger partial charge in [0.2, 0.25) is 5.91 Å². The maximum absolute atomic E-state index is 12.4. The van der Waals surface area contributed by atoms with Crippen molar-refractivity contribution in [1.82, 2.24) is 20.4 Å². The standard InChI is InChI=1S/C20H32N4O2/c1-15(18(25)21-19(26)22-20(2,3)4)24-12-11-17(14-24)23(5)13-16-9-7-6-8-10-16/h6-10,15,17H,11-14H2,1-5H3,(H2,21,22,25,26)/t15-,17-/m1/s1. The molecule has 0 aliphatic carbocycles. The highest BCUT2D eigenvalue weighted by Crippen LogP contribution is 2.19. The minimum Gasteiger partial charge on any atom is -0.333 e. The number of likely N-dealkylation sites (N-methyl/N-ethyl adjacent to an activating group) is 1. The zero-order valence-corrected chi connectivity index (χ0v) is 16.6. The van der Waals surface area contributed by atoms with Crippen molar-refractivity contribution in [3.8, 4) is 0 Å². The number of urea groups is 1. The predicted molar refractivity (Wildman–Crippen MR) is 104 cm³/mol. The smallest absolute Gasteiger partial charge is 0.321 e. The Balaban J connectivity index is 1.83. The van der Waals surface area contributed by atoms with Gasteiger partial charge >= 0.3 is 6.03 Å². The van der Waals surface area contributed by atoms with Crippen molar-refractivity contribution in [3.63, 3.8) is 0 Å². The van der Waals surface area contributed by atoms with Gasteiger partial charge in [0.15, 0.2) is 0 Å². The van der Waals surface area contributed by atoms with Crippen LogP contribution in [0.3, 0.4) is 0 Å². The molecule has 6 nitrogen and oxygen atoms in total. The summed E-state index contributed by atoms with van der Waals surface area (Å²) in [5, 5.41) is 5.20. The first-order valence-corrected chi connectivity index (χ1v) is 9.27. The fraction of sp³-hybridized carbons (Fsp3) is 0.600. The van der Waals surface area contributed by atoms with E-state index in [0.29, 0.717) is 6.04 Å². The molecular formula is C20H32N4O2. The predicted octanol–water partition coefficient (Wildman–Crippen LogP) is 2.21. The summed E-state index contributed by atoms with van der Waals surface area (Å²) >= 11 is 0. The van der Waals surface area contributed by atoms with E-state index >= 15 is 0 Å². The van der Waals surface area contributed by atoms with E-state index < -0.39 is 6.03 Å². The van der Waals surface area contributed by atoms with Gasteiger partial charge in [0.25, 0.3) is 0 Å². The molecule has 0 bridgehead atoms. The first-order chi connectivity index (χ1) is 12.2. The summed E-state index contributed by atoms with van der Waals surface area (Å²) in [6, 6.07) is 10.0. The zero-order chi connectivity index (χ0) is 19.3. The Kier molecular flexibility index (Phi) is 6.78. The molecule has 1 aromatic rings. The molecule has 0 aromatic heterocycles. The molecule has 0 unspecified atom stereocenters. The second-order valence-electron chi connectivity index (χ2n) is 8.21. The summed E-state index contributed by atoms with van der Waals surface area (Å²) in [6.45, 7) is 10.1. The molecule has 1 heterocycles. The molecule has 144 valence electrons. The molecule has 1 aliphatic rings. The molecule has 3 amide bonds. The Morgan fingerprint density at radius 2 is 1.92 bits per heavy atom. The third-order valence-electron chi connectivity index (χ3n) is 4.75. The van der Waals surface area contributed by atoms with Crippen molar-refractivity contribution in [3.05, 3.63) is 35.9 Å². The average molecular weight is 361 g/mol. The molecule has 26 heavy (non-hydrogen) atoms. The number of nitrogens with zero attached hydrogens (tertiary/aromatic N) is 2. The van der Waals surface area contributed by atoms with E-state index in [-0.39, 0.29) is 17.5 Å². The van der Waals surface area contributed by atoms with E-state index in [1.807, 2.05) is 33.8 Å². The number of carbonyl (C=O) groups excluding carboxylic acids is 2. The molecule has 2 N–H and O–H groups in total. The van der Waals surface area contributed by atoms with Gasteiger partial charge in [-0.3, -0.25) is 19.9 Å². The number of rotatable bonds is 5. The van der Waals surface area contributed by atoms with Crippen LogP contribution in [0.4, 0.5) is 4.79 Å². The Labute approximate surface area is 156 Å². The summed E-state index contributed by atoms with van der Waals surface area (Å²) in [4.78, 5) is 28.7. The molecule has 1 saturated heterocycles. The number of imide groups is 1. The zero-order valence-electron chi connectivity index (χ0n) is 16.6. The molecule has 0 radical (unpaired) electrons. The normalized spacial score (nSPS) is 19.4. The summed E-state index contributed by atoms with van der Waals surface area (Å²) in [6.07, 6.45) is 1.02. The number of carbonyl (C=O) groups is 2. The van der Waals surface area contributed by atoms with Gasteiger partial charge in [-0.15, -0.1) is 0 Å². The third kappa shape index (κ3) is 6.11. The van der Waals surface area contributed by atoms with Gasteiger partial charge in [0.1, 0.15) is 0 Å². The van der Waals surface area contributed by atoms with Gasteiger partial charge in [-0.1, -0.05) is 30.3 Å². The summed E-state index contributed by atoms with van der Waals surface area (Å²) in [5.41, 5.74) is 0.921. The quantitative estimate of drug-likeness (QED) is 0.845. The van der Waals surface area contributed by atoms with E-state index in [1.165, 1.54) is 5.56 Å². The van der Waals surface area contributed by atoms with E-state index in [1.54, 1.807) is 0 Å². The van der Waals surface area contributed by atoms with E-state index in [4.69, 9.17) is 0 Å². The Hall–Kier alpha value is -1.92. The summed E-state index contributed by atoms with van der Waals surface area (Å²) < 4.78 is 0. The van der Waals surface area contributed by atoms with Gasteiger partial charge in [-0.2, -0.15) is 0 Å². The number of hydrogen-bond acceptors (Lipinski definition) is 4. The van der Waals surface area contributed by atoms with Crippen LogP contribution in [-0.2, 0) is 11.3 Å². The maximum atomic E-state index is 12.4. The van der Waals surface area contributed by atoms with E-state index in [9.17, 15) is 9.59 Å². The molecule has 1 fully saturated rings. The second kappa shape index (κ2) is 8.64. The van der Waals surface area contributed by atoms with Crippen LogP contribution in [0, 0.1) is 0 Å². The Morgan fingerprint density at radius 1 is 1.27 bits per heavy atom. The third-order valence-corrected chi connectivity index (χ3v) is 4.75. The number of hydrogen-bond donors (Lipinski definition) is 2. The fourth-order valence-electron chi connectivity index (χ4n) is 3.23. The van der Waals surface area contributed by atoms with Crippen molar-refractivity contribution in [2.45, 2.75) is 58.3 Å². The van der Waals surface area contributed by atoms with Gasteiger partial charge in [0, 0.05) is 31.2 Å². The minimum absolute atomic E-state index is 0.252. The molecule has 1 aromatic carbocycles. The lowest BCUT2D eigenvalue weighted by Gasteiger charge is -2.27. The van der Waals surface area contributed by atoms with Crippen LogP contribution in [0.5, 0.6) is 0 Å². The molecular weight excluding hydrogens is 328 g/mol. The lowest BCUT2D eigenvalue weighted by atomic mass is 10.1. The molecule has 2 atom stereocenters. The van der Waals surface area contributed by atoms with Crippen molar-refractivity contribution in [1.29, 1.82) is 0 Å². The van der Waals surface area contributed by atoms with Crippen LogP contribution < -0.4 is 10.6 Å². The van der Waals surface area contributed by atoms with Crippen LogP contribution >= 0.6 is 0 Å². The molecule has 1 aliphatic heterocycles. The minimum atomic E-state index is -0.439. The van der Waals surface area contributed by atoms with Gasteiger partial charge in [-0.05, 0) is 46.7 Å². The van der Waals surface area contributed by atoms with Crippen molar-refractivity contribution in [2.75, 3.05) is 20.1 Å². The highest BCUT2D eigenvalue weighted by Gasteiger charge is 2.32. The highest BCUT2D eigenvalue weighted by atomic mass is 16.2. The van der Waals surface area contributed by atoms with Crippen molar-refractivity contribution < 1.29 is 9.59 Å². The Morgan fingerprint density at radius 3 is 2.54 bits per heavy atom. The SMILES string of the molecule is C[C@H](C(=O)NC(=O)NC(C)(C)C)N1CC[C@@H](N(C)Cc2ccccc2)C1. The number of likely N-dealkylation sites (tertiary alicyclic amines) is 1. The van der Waals surface area contributed by atoms with Crippen LogP contribution in [0.2, 0.25) is 0 Å². The van der Waals surface area contributed by atoms with Gasteiger partial charge < -0.3 is 5.32 Å². The van der Waals surface area contributed by atoms with Crippen molar-refractivity contribution >= 4 is 11.9 Å². The number of amides is 3. The van der Waals surface area contributed by atoms with E-state index in [2.05, 4.69) is 51.7 Å². The largest absolute Gasteiger partial charge is 0.333 e. The van der Waals surface area contributed by atoms with Crippen LogP contribution in [0.25, 0.3) is 0 Å². The van der Waals surface area contributed by atoms with Crippen LogP contribution in [0.1, 0.15) is 39.7 Å². The molecule has 0 saturated carbocycles. The number of benzene rings is 1. The number of nitrogens with one attached hydrogen (secondary N) is 2. The fourth-order valence-corrected chi connectivity index (χ4v) is 3.23. The second-order valence-corrected chi connectivity index (χ2v) is 8.21. The van der Waals surface area contributed by atoms with Crippen LogP contribution in [-0.4, -0.2) is 59.5 Å². The highest BCUT2D eigenvalue weighted by molar-refractivity contribution is 5.97.